The number of carbonyl (C=O) groups is 2. The van der Waals surface area contributed by atoms with Gasteiger partial charge in [0.2, 0.25) is 0 Å². The van der Waals surface area contributed by atoms with Gasteiger partial charge < -0.3 is 9.84 Å². The highest BCUT2D eigenvalue weighted by molar-refractivity contribution is 5.80. The molecule has 4 aliphatic rings. The number of hydrogen-bond donors (Lipinski definition) is 1. The molecule has 4 saturated carbocycles. The van der Waals surface area contributed by atoms with Crippen LogP contribution in [0.3, 0.4) is 0 Å². The number of fused-ring (bicyclic) bond motifs is 5. The van der Waals surface area contributed by atoms with Crippen molar-refractivity contribution in [3.05, 3.63) is 0 Å². The summed E-state index contributed by atoms with van der Waals surface area (Å²) in [4.78, 5) is 24.2. The predicted molar refractivity (Wildman–Crippen MR) is 103 cm³/mol. The molecular weight excluding hydrogens is 340 g/mol. The molecule has 4 fully saturated rings. The maximum atomic E-state index is 12.2. The molecule has 0 spiro atoms. The standard InChI is InChI=1S/C23H36O4/c1-14-11-16(24)12-15-5-6-17-18-8-10-23(26,13-20(25)27-4)21(18,2)9-7-19(17)22(14,15)3/h14-15,17-19,26H,5-13H2,1-4H3/t14?,15?,17-,18-,19+,21-,22-,23?/m0/s1. The average molecular weight is 377 g/mol. The lowest BCUT2D eigenvalue weighted by molar-refractivity contribution is -0.176. The second kappa shape index (κ2) is 6.30. The number of methoxy groups -OCH3 is 1. The zero-order chi connectivity index (χ0) is 19.6. The first-order chi connectivity index (χ1) is 12.7. The van der Waals surface area contributed by atoms with Crippen molar-refractivity contribution in [3.8, 4) is 0 Å². The van der Waals surface area contributed by atoms with Crippen LogP contribution >= 0.6 is 0 Å². The third kappa shape index (κ3) is 2.58. The number of carbonyl (C=O) groups excluding carboxylic acids is 2. The van der Waals surface area contributed by atoms with Crippen molar-refractivity contribution in [2.75, 3.05) is 7.11 Å². The predicted octanol–water partition coefficient (Wildman–Crippen LogP) is 4.14. The van der Waals surface area contributed by atoms with E-state index in [9.17, 15) is 14.7 Å². The Labute approximate surface area is 163 Å². The molecule has 0 aliphatic heterocycles. The van der Waals surface area contributed by atoms with Crippen molar-refractivity contribution in [1.29, 1.82) is 0 Å². The van der Waals surface area contributed by atoms with Crippen LogP contribution in [0, 0.1) is 40.4 Å². The summed E-state index contributed by atoms with van der Waals surface area (Å²) in [7, 11) is 1.41. The van der Waals surface area contributed by atoms with Gasteiger partial charge in [0.25, 0.3) is 0 Å². The molecule has 0 bridgehead atoms. The summed E-state index contributed by atoms with van der Waals surface area (Å²) < 4.78 is 4.89. The second-order valence-electron chi connectivity index (χ2n) is 10.6. The zero-order valence-electron chi connectivity index (χ0n) is 17.4. The summed E-state index contributed by atoms with van der Waals surface area (Å²) in [5.74, 6) is 2.90. The van der Waals surface area contributed by atoms with Crippen molar-refractivity contribution in [2.24, 2.45) is 40.4 Å². The Bertz CT molecular complexity index is 644. The molecule has 152 valence electrons. The fourth-order valence-corrected chi connectivity index (χ4v) is 8.19. The molecule has 3 unspecified atom stereocenters. The Morgan fingerprint density at radius 2 is 1.81 bits per heavy atom. The van der Waals surface area contributed by atoms with Gasteiger partial charge in [-0.1, -0.05) is 20.8 Å². The van der Waals surface area contributed by atoms with Gasteiger partial charge in [-0.15, -0.1) is 0 Å². The maximum absolute atomic E-state index is 12.2. The Kier molecular flexibility index (Phi) is 4.53. The zero-order valence-corrected chi connectivity index (χ0v) is 17.4. The van der Waals surface area contributed by atoms with E-state index in [1.807, 2.05) is 0 Å². The van der Waals surface area contributed by atoms with Crippen LogP contribution in [0.25, 0.3) is 0 Å². The van der Waals surface area contributed by atoms with E-state index in [1.54, 1.807) is 0 Å². The van der Waals surface area contributed by atoms with Crippen LogP contribution in [-0.4, -0.2) is 29.6 Å². The Morgan fingerprint density at radius 1 is 1.11 bits per heavy atom. The van der Waals surface area contributed by atoms with Crippen LogP contribution in [-0.2, 0) is 14.3 Å². The van der Waals surface area contributed by atoms with Crippen molar-refractivity contribution in [2.45, 2.75) is 84.2 Å². The van der Waals surface area contributed by atoms with Gasteiger partial charge >= 0.3 is 5.97 Å². The molecule has 0 radical (unpaired) electrons. The topological polar surface area (TPSA) is 63.6 Å². The quantitative estimate of drug-likeness (QED) is 0.736. The Hall–Kier alpha value is -0.900. The van der Waals surface area contributed by atoms with E-state index >= 15 is 0 Å². The minimum atomic E-state index is -0.929. The van der Waals surface area contributed by atoms with Crippen molar-refractivity contribution >= 4 is 11.8 Å². The number of ketones is 1. The van der Waals surface area contributed by atoms with E-state index in [0.29, 0.717) is 41.8 Å². The molecule has 27 heavy (non-hydrogen) atoms. The Balaban J connectivity index is 1.63. The summed E-state index contributed by atoms with van der Waals surface area (Å²) in [6.07, 6.45) is 7.79. The minimum absolute atomic E-state index is 0.124. The molecule has 0 aromatic carbocycles. The SMILES string of the molecule is COC(=O)CC1(O)CC[C@H]2[C@@H]3CCC4CC(=O)CC(C)[C@]4(C)[C@@H]3CC[C@@]21C. The fourth-order valence-electron chi connectivity index (χ4n) is 8.19. The number of esters is 1. The van der Waals surface area contributed by atoms with Crippen LogP contribution in [0.4, 0.5) is 0 Å². The van der Waals surface area contributed by atoms with Gasteiger partial charge in [-0.05, 0) is 78.9 Å². The number of aliphatic hydroxyl groups is 1. The molecular formula is C23H36O4. The van der Waals surface area contributed by atoms with Crippen molar-refractivity contribution in [3.63, 3.8) is 0 Å². The van der Waals surface area contributed by atoms with Crippen molar-refractivity contribution in [1.82, 2.24) is 0 Å². The van der Waals surface area contributed by atoms with Gasteiger partial charge in [-0.3, -0.25) is 9.59 Å². The number of ether oxygens (including phenoxy) is 1. The van der Waals surface area contributed by atoms with Crippen LogP contribution in [0.15, 0.2) is 0 Å². The molecule has 1 N–H and O–H groups in total. The largest absolute Gasteiger partial charge is 0.469 e. The maximum Gasteiger partial charge on any atom is 0.308 e. The normalized spacial score (nSPS) is 51.9. The smallest absolute Gasteiger partial charge is 0.308 e. The fraction of sp³-hybridized carbons (Fsp3) is 0.913. The van der Waals surface area contributed by atoms with Crippen LogP contribution in [0.1, 0.15) is 78.6 Å². The summed E-state index contributed by atoms with van der Waals surface area (Å²) in [5, 5.41) is 11.5. The van der Waals surface area contributed by atoms with E-state index in [0.717, 1.165) is 38.5 Å². The van der Waals surface area contributed by atoms with E-state index in [-0.39, 0.29) is 23.2 Å². The molecule has 4 rings (SSSR count). The lowest BCUT2D eigenvalue weighted by Gasteiger charge is -2.62. The third-order valence-electron chi connectivity index (χ3n) is 10.0. The highest BCUT2D eigenvalue weighted by Crippen LogP contribution is 2.69. The minimum Gasteiger partial charge on any atom is -0.469 e. The first kappa shape index (κ1) is 19.4. The number of rotatable bonds is 2. The van der Waals surface area contributed by atoms with E-state index in [1.165, 1.54) is 13.5 Å². The third-order valence-corrected chi connectivity index (χ3v) is 10.0. The highest BCUT2D eigenvalue weighted by Gasteiger charge is 2.65. The van der Waals surface area contributed by atoms with E-state index in [2.05, 4.69) is 20.8 Å². The summed E-state index contributed by atoms with van der Waals surface area (Å²) >= 11 is 0. The van der Waals surface area contributed by atoms with Crippen LogP contribution in [0.5, 0.6) is 0 Å². The monoisotopic (exact) mass is 376 g/mol. The first-order valence-corrected chi connectivity index (χ1v) is 11.0. The lowest BCUT2D eigenvalue weighted by Crippen LogP contribution is -2.58. The van der Waals surface area contributed by atoms with Gasteiger partial charge in [0.15, 0.2) is 0 Å². The Morgan fingerprint density at radius 3 is 2.52 bits per heavy atom. The molecule has 4 heteroatoms. The van der Waals surface area contributed by atoms with Gasteiger partial charge in [0.1, 0.15) is 5.78 Å². The number of hydrogen-bond acceptors (Lipinski definition) is 4. The van der Waals surface area contributed by atoms with Gasteiger partial charge in [-0.25, -0.2) is 0 Å². The molecule has 8 atom stereocenters. The molecule has 0 aromatic rings. The highest BCUT2D eigenvalue weighted by atomic mass is 16.5. The van der Waals surface area contributed by atoms with Crippen LogP contribution < -0.4 is 0 Å². The molecule has 0 aromatic heterocycles. The van der Waals surface area contributed by atoms with Gasteiger partial charge in [0, 0.05) is 12.8 Å². The van der Waals surface area contributed by atoms with Crippen LogP contribution in [0.2, 0.25) is 0 Å². The van der Waals surface area contributed by atoms with Gasteiger partial charge in [-0.2, -0.15) is 0 Å². The summed E-state index contributed by atoms with van der Waals surface area (Å²) in [6, 6.07) is 0. The van der Waals surface area contributed by atoms with Gasteiger partial charge in [0.05, 0.1) is 19.1 Å². The average Bonchev–Trinajstić information content (AvgIpc) is 2.87. The first-order valence-electron chi connectivity index (χ1n) is 11.0. The second-order valence-corrected chi connectivity index (χ2v) is 10.6. The van der Waals surface area contributed by atoms with E-state index in [4.69, 9.17) is 4.74 Å². The van der Waals surface area contributed by atoms with Crippen molar-refractivity contribution < 1.29 is 19.4 Å². The number of Topliss-reactive ketones (excluding diaryl/α,β-unsaturated/α-hetero) is 1. The molecule has 4 nitrogen and oxygen atoms in total. The van der Waals surface area contributed by atoms with E-state index < -0.39 is 5.60 Å². The summed E-state index contributed by atoms with van der Waals surface area (Å²) in [6.45, 7) is 6.98. The molecule has 0 saturated heterocycles. The molecule has 0 amide bonds. The molecule has 0 heterocycles. The summed E-state index contributed by atoms with van der Waals surface area (Å²) in [5.41, 5.74) is -0.873. The lowest BCUT2D eigenvalue weighted by atomic mass is 9.42. The molecule has 4 aliphatic carbocycles.